The van der Waals surface area contributed by atoms with Gasteiger partial charge < -0.3 is 10.2 Å². The van der Waals surface area contributed by atoms with Gasteiger partial charge in [0.1, 0.15) is 5.41 Å². The highest BCUT2D eigenvalue weighted by Gasteiger charge is 2.55. The van der Waals surface area contributed by atoms with Crippen LogP contribution in [0.3, 0.4) is 0 Å². The van der Waals surface area contributed by atoms with E-state index in [1.54, 1.807) is 4.90 Å². The highest BCUT2D eigenvalue weighted by molar-refractivity contribution is 7.80. The molecular weight excluding hydrogens is 322 g/mol. The highest BCUT2D eigenvalue weighted by Crippen LogP contribution is 2.39. The molecule has 6 heteroatoms. The molecule has 0 aromatic heterocycles. The number of thiocarbonyl (C=S) groups is 1. The Morgan fingerprint density at radius 3 is 2.79 bits per heavy atom. The third kappa shape index (κ3) is 2.59. The molecule has 0 radical (unpaired) electrons. The molecule has 1 N–H and O–H groups in total. The maximum atomic E-state index is 13.2. The van der Waals surface area contributed by atoms with E-state index in [0.717, 1.165) is 29.7 Å². The molecule has 1 fully saturated rings. The van der Waals surface area contributed by atoms with Crippen LogP contribution < -0.4 is 10.2 Å². The topological polar surface area (TPSA) is 52.7 Å². The summed E-state index contributed by atoms with van der Waals surface area (Å²) >= 11 is 5.23. The molecule has 128 valence electrons. The lowest BCUT2D eigenvalue weighted by atomic mass is 9.74. The first-order valence-corrected chi connectivity index (χ1v) is 8.78. The lowest BCUT2D eigenvalue weighted by Gasteiger charge is -2.46. The fourth-order valence-corrected chi connectivity index (χ4v) is 3.91. The van der Waals surface area contributed by atoms with Crippen molar-refractivity contribution >= 4 is 34.8 Å². The summed E-state index contributed by atoms with van der Waals surface area (Å²) in [4.78, 5) is 29.6. The zero-order valence-corrected chi connectivity index (χ0v) is 15.2. The van der Waals surface area contributed by atoms with Crippen LogP contribution in [0, 0.1) is 12.3 Å². The first kappa shape index (κ1) is 16.9. The van der Waals surface area contributed by atoms with Crippen molar-refractivity contribution in [3.05, 3.63) is 29.3 Å². The minimum Gasteiger partial charge on any atom is -0.373 e. The molecule has 1 spiro atoms. The van der Waals surface area contributed by atoms with Crippen LogP contribution in [0.15, 0.2) is 18.2 Å². The molecule has 2 aliphatic rings. The van der Waals surface area contributed by atoms with Gasteiger partial charge in [0.05, 0.1) is 0 Å². The van der Waals surface area contributed by atoms with E-state index in [-0.39, 0.29) is 16.9 Å². The van der Waals surface area contributed by atoms with E-state index in [2.05, 4.69) is 30.4 Å². The molecule has 5 nitrogen and oxygen atoms in total. The zero-order chi connectivity index (χ0) is 17.5. The maximum Gasteiger partial charge on any atom is 0.246 e. The number of hydrogen-bond donors (Lipinski definition) is 1. The van der Waals surface area contributed by atoms with Crippen LogP contribution in [0.4, 0.5) is 5.69 Å². The lowest BCUT2D eigenvalue weighted by Crippen LogP contribution is -2.68. The molecule has 0 aliphatic carbocycles. The van der Waals surface area contributed by atoms with Gasteiger partial charge in [-0.3, -0.25) is 14.5 Å². The number of benzene rings is 1. The normalized spacial score (nSPS) is 23.5. The number of anilines is 1. The van der Waals surface area contributed by atoms with Gasteiger partial charge in [-0.2, -0.15) is 0 Å². The van der Waals surface area contributed by atoms with Crippen LogP contribution in [0.2, 0.25) is 0 Å². The van der Waals surface area contributed by atoms with Gasteiger partial charge in [0.15, 0.2) is 5.11 Å². The van der Waals surface area contributed by atoms with E-state index in [1.165, 1.54) is 0 Å². The number of carbonyl (C=O) groups excluding carboxylic acids is 2. The van der Waals surface area contributed by atoms with Crippen LogP contribution in [-0.4, -0.2) is 42.0 Å². The van der Waals surface area contributed by atoms with E-state index in [4.69, 9.17) is 12.2 Å². The molecular formula is C18H23N3O2S. The maximum absolute atomic E-state index is 13.2. The molecule has 1 atom stereocenters. The number of hydrogen-bond acceptors (Lipinski definition) is 4. The smallest absolute Gasteiger partial charge is 0.246 e. The summed E-state index contributed by atoms with van der Waals surface area (Å²) in [6, 6.07) is 6.18. The van der Waals surface area contributed by atoms with Gasteiger partial charge in [-0.15, -0.1) is 0 Å². The van der Waals surface area contributed by atoms with Crippen LogP contribution in [-0.2, 0) is 16.0 Å². The van der Waals surface area contributed by atoms with Crippen molar-refractivity contribution in [1.29, 1.82) is 0 Å². The number of aryl methyl sites for hydroxylation is 1. The van der Waals surface area contributed by atoms with Crippen molar-refractivity contribution in [2.45, 2.75) is 33.1 Å². The molecule has 3 rings (SSSR count). The Morgan fingerprint density at radius 2 is 2.08 bits per heavy atom. The average molecular weight is 345 g/mol. The van der Waals surface area contributed by atoms with Gasteiger partial charge in [0.2, 0.25) is 11.8 Å². The van der Waals surface area contributed by atoms with Crippen molar-refractivity contribution in [2.75, 3.05) is 25.0 Å². The van der Waals surface area contributed by atoms with Gasteiger partial charge >= 0.3 is 0 Å². The molecule has 1 saturated heterocycles. The van der Waals surface area contributed by atoms with Gasteiger partial charge in [-0.1, -0.05) is 31.0 Å². The van der Waals surface area contributed by atoms with Crippen LogP contribution in [0.5, 0.6) is 0 Å². The van der Waals surface area contributed by atoms with Gasteiger partial charge in [0, 0.05) is 25.8 Å². The van der Waals surface area contributed by atoms with E-state index in [9.17, 15) is 9.59 Å². The summed E-state index contributed by atoms with van der Waals surface area (Å²) in [7, 11) is 1.93. The Bertz CT molecular complexity index is 718. The van der Waals surface area contributed by atoms with Crippen molar-refractivity contribution in [1.82, 2.24) is 10.2 Å². The fourth-order valence-electron chi connectivity index (χ4n) is 3.65. The number of nitrogens with one attached hydrogen (secondary N) is 1. The average Bonchev–Trinajstić information content (AvgIpc) is 2.53. The van der Waals surface area contributed by atoms with Crippen LogP contribution >= 0.6 is 12.2 Å². The summed E-state index contributed by atoms with van der Waals surface area (Å²) in [5.74, 6) is -0.437. The second kappa shape index (κ2) is 6.16. The molecule has 0 unspecified atom stereocenters. The molecule has 24 heavy (non-hydrogen) atoms. The zero-order valence-electron chi connectivity index (χ0n) is 14.4. The number of unbranched alkanes of at least 4 members (excludes halogenated alkanes) is 1. The predicted molar refractivity (Wildman–Crippen MR) is 97.9 cm³/mol. The summed E-state index contributed by atoms with van der Waals surface area (Å²) < 4.78 is 0. The first-order valence-electron chi connectivity index (χ1n) is 8.37. The minimum atomic E-state index is -1.09. The third-order valence-electron chi connectivity index (χ3n) is 4.94. The number of nitrogens with zero attached hydrogens (tertiary/aromatic N) is 2. The third-order valence-corrected chi connectivity index (χ3v) is 5.26. The summed E-state index contributed by atoms with van der Waals surface area (Å²) in [6.07, 6.45) is 2.25. The van der Waals surface area contributed by atoms with E-state index in [0.29, 0.717) is 19.5 Å². The molecule has 1 aromatic carbocycles. The van der Waals surface area contributed by atoms with Gasteiger partial charge in [0.25, 0.3) is 0 Å². The summed E-state index contributed by atoms with van der Waals surface area (Å²) in [6.45, 7) is 5.02. The SMILES string of the molecule is CCCCN1C(=O)[C@]2(Cc3cc(C)ccc3N(C)C2)C(=O)NC1=S. The Kier molecular flexibility index (Phi) is 4.34. The van der Waals surface area contributed by atoms with Crippen LogP contribution in [0.1, 0.15) is 30.9 Å². The van der Waals surface area contributed by atoms with Crippen molar-refractivity contribution in [3.63, 3.8) is 0 Å². The summed E-state index contributed by atoms with van der Waals surface area (Å²) in [5.41, 5.74) is 2.16. The van der Waals surface area contributed by atoms with Gasteiger partial charge in [-0.05, 0) is 43.6 Å². The highest BCUT2D eigenvalue weighted by atomic mass is 32.1. The lowest BCUT2D eigenvalue weighted by molar-refractivity contribution is -0.149. The quantitative estimate of drug-likeness (QED) is 0.673. The molecule has 2 amide bonds. The number of carbonyl (C=O) groups is 2. The molecule has 2 aliphatic heterocycles. The monoisotopic (exact) mass is 345 g/mol. The minimum absolute atomic E-state index is 0.163. The Morgan fingerprint density at radius 1 is 1.33 bits per heavy atom. The van der Waals surface area contributed by atoms with Gasteiger partial charge in [-0.25, -0.2) is 0 Å². The second-order valence-corrected chi connectivity index (χ2v) is 7.20. The van der Waals surface area contributed by atoms with Crippen molar-refractivity contribution in [3.8, 4) is 0 Å². The molecule has 0 bridgehead atoms. The van der Waals surface area contributed by atoms with Crippen LogP contribution in [0.25, 0.3) is 0 Å². The second-order valence-electron chi connectivity index (χ2n) is 6.82. The van der Waals surface area contributed by atoms with E-state index < -0.39 is 5.41 Å². The van der Waals surface area contributed by atoms with Crippen molar-refractivity contribution < 1.29 is 9.59 Å². The van der Waals surface area contributed by atoms with E-state index in [1.807, 2.05) is 18.9 Å². The fraction of sp³-hybridized carbons (Fsp3) is 0.500. The Labute approximate surface area is 148 Å². The first-order chi connectivity index (χ1) is 11.4. The number of fused-ring (bicyclic) bond motifs is 1. The van der Waals surface area contributed by atoms with Crippen molar-refractivity contribution in [2.24, 2.45) is 5.41 Å². The number of amides is 2. The summed E-state index contributed by atoms with van der Waals surface area (Å²) in [5, 5.41) is 3.00. The molecule has 1 aromatic rings. The molecule has 2 heterocycles. The Hall–Kier alpha value is -1.95. The molecule has 0 saturated carbocycles. The number of rotatable bonds is 3. The van der Waals surface area contributed by atoms with E-state index >= 15 is 0 Å². The standard InChI is InChI=1S/C18H23N3O2S/c1-4-5-8-21-16(23)18(15(22)19-17(21)24)10-13-9-12(2)6-7-14(13)20(3)11-18/h6-7,9H,4-5,8,10-11H2,1-3H3,(H,19,22,24)/t18-/m0/s1. The predicted octanol–water partition coefficient (Wildman–Crippen LogP) is 2.02. The largest absolute Gasteiger partial charge is 0.373 e. The Balaban J connectivity index is 2.00.